The Bertz CT molecular complexity index is 541. The summed E-state index contributed by atoms with van der Waals surface area (Å²) in [5.74, 6) is 1.17. The van der Waals surface area contributed by atoms with Crippen molar-refractivity contribution in [1.82, 2.24) is 0 Å². The molecule has 2 atom stereocenters. The normalized spacial score (nSPS) is 37.4. The molecule has 0 saturated heterocycles. The molecule has 0 N–H and O–H groups in total. The summed E-state index contributed by atoms with van der Waals surface area (Å²) in [6, 6.07) is 0.724. The lowest BCUT2D eigenvalue weighted by Crippen LogP contribution is -2.23. The first kappa shape index (κ1) is 22.0. The fourth-order valence-electron chi connectivity index (χ4n) is 4.93. The molecule has 0 amide bonds. The van der Waals surface area contributed by atoms with Crippen molar-refractivity contribution in [2.45, 2.75) is 89.1 Å². The first-order chi connectivity index (χ1) is 13.5. The highest BCUT2D eigenvalue weighted by molar-refractivity contribution is 6.64. The Kier molecular flexibility index (Phi) is 8.52. The zero-order valence-corrected chi connectivity index (χ0v) is 18.1. The van der Waals surface area contributed by atoms with Crippen LogP contribution in [-0.4, -0.2) is 35.0 Å². The van der Waals surface area contributed by atoms with Gasteiger partial charge in [-0.2, -0.15) is 0 Å². The lowest BCUT2D eigenvalue weighted by atomic mass is 9.82. The maximum Gasteiger partial charge on any atom is 0.224 e. The van der Waals surface area contributed by atoms with Gasteiger partial charge in [-0.15, -0.1) is 0 Å². The molecule has 0 heterocycles. The van der Waals surface area contributed by atoms with E-state index in [0.29, 0.717) is 23.9 Å². The Morgan fingerprint density at radius 3 is 1.39 bits per heavy atom. The van der Waals surface area contributed by atoms with Gasteiger partial charge in [0.25, 0.3) is 0 Å². The third kappa shape index (κ3) is 6.66. The molecule has 6 heteroatoms. The van der Waals surface area contributed by atoms with Crippen molar-refractivity contribution >= 4 is 46.1 Å². The highest BCUT2D eigenvalue weighted by Gasteiger charge is 2.26. The first-order valence-electron chi connectivity index (χ1n) is 11.0. The van der Waals surface area contributed by atoms with E-state index in [-0.39, 0.29) is 22.3 Å². The van der Waals surface area contributed by atoms with Crippen molar-refractivity contribution in [3.63, 3.8) is 0 Å². The van der Waals surface area contributed by atoms with Crippen molar-refractivity contribution in [2.75, 3.05) is 0 Å². The van der Waals surface area contributed by atoms with Gasteiger partial charge in [0.2, 0.25) is 10.5 Å². The van der Waals surface area contributed by atoms with Crippen LogP contribution in [0.4, 0.5) is 0 Å². The maximum absolute atomic E-state index is 11.3. The number of carbonyl (C=O) groups is 2. The van der Waals surface area contributed by atoms with Crippen molar-refractivity contribution in [2.24, 2.45) is 33.7 Å². The fraction of sp³-hybridized carbons (Fsp3) is 0.818. The van der Waals surface area contributed by atoms with Gasteiger partial charge in [-0.3, -0.25) is 19.6 Å². The molecule has 0 aromatic heterocycles. The van der Waals surface area contributed by atoms with E-state index in [2.05, 4.69) is 12.4 Å². The molecule has 3 rings (SSSR count). The van der Waals surface area contributed by atoms with Crippen LogP contribution in [0.15, 0.2) is 9.98 Å². The molecule has 0 radical (unpaired) electrons. The molecule has 28 heavy (non-hydrogen) atoms. The van der Waals surface area contributed by atoms with Crippen LogP contribution in [0.5, 0.6) is 0 Å². The number of aliphatic imine (C=N–C) groups is 2. The van der Waals surface area contributed by atoms with Gasteiger partial charge in [0.05, 0.1) is 0 Å². The van der Waals surface area contributed by atoms with Gasteiger partial charge in [-0.1, -0.05) is 6.42 Å². The number of halogens is 2. The van der Waals surface area contributed by atoms with E-state index >= 15 is 0 Å². The molecule has 4 nitrogen and oxygen atoms in total. The van der Waals surface area contributed by atoms with Crippen LogP contribution in [0.1, 0.15) is 77.0 Å². The topological polar surface area (TPSA) is 58.9 Å². The van der Waals surface area contributed by atoms with Crippen LogP contribution in [0.25, 0.3) is 0 Å². The molecule has 0 aliphatic heterocycles. The summed E-state index contributed by atoms with van der Waals surface area (Å²) in [6.45, 7) is 0. The van der Waals surface area contributed by atoms with Gasteiger partial charge >= 0.3 is 0 Å². The van der Waals surface area contributed by atoms with Gasteiger partial charge in [0.1, 0.15) is 0 Å². The lowest BCUT2D eigenvalue weighted by Gasteiger charge is -2.27. The summed E-state index contributed by atoms with van der Waals surface area (Å²) in [7, 11) is 0. The predicted octanol–water partition coefficient (Wildman–Crippen LogP) is 5.58. The van der Waals surface area contributed by atoms with Gasteiger partial charge in [-0.05, 0) is 106 Å². The molecule has 3 aliphatic carbocycles. The minimum Gasteiger partial charge on any atom is -0.294 e. The Morgan fingerprint density at radius 1 is 0.643 bits per heavy atom. The SMILES string of the molecule is O=C(Cl)C1CCC(N=CC2CCCC(C=NC3CCC(C(=O)Cl)CC3)C2)CC1. The highest BCUT2D eigenvalue weighted by Crippen LogP contribution is 2.31. The standard InChI is InChI=1S/C22H32Cl2N2O2/c23-21(27)17-4-8-19(9-5-17)25-13-15-2-1-3-16(12-15)14-26-20-10-6-18(7-11-20)22(24)28/h13-20H,1-12H2. The monoisotopic (exact) mass is 426 g/mol. The van der Waals surface area contributed by atoms with E-state index in [0.717, 1.165) is 57.8 Å². The summed E-state index contributed by atoms with van der Waals surface area (Å²) >= 11 is 11.2. The zero-order chi connectivity index (χ0) is 19.9. The number of carbonyl (C=O) groups excluding carboxylic acids is 2. The quantitative estimate of drug-likeness (QED) is 0.410. The number of rotatable bonds is 6. The summed E-state index contributed by atoms with van der Waals surface area (Å²) in [4.78, 5) is 32.2. The molecule has 156 valence electrons. The number of hydrogen-bond acceptors (Lipinski definition) is 4. The van der Waals surface area contributed by atoms with E-state index in [4.69, 9.17) is 33.2 Å². The number of nitrogens with zero attached hydrogens (tertiary/aromatic N) is 2. The molecule has 0 aromatic rings. The molecule has 3 aliphatic rings. The fourth-order valence-corrected chi connectivity index (χ4v) is 5.36. The van der Waals surface area contributed by atoms with Crippen LogP contribution in [0, 0.1) is 23.7 Å². The van der Waals surface area contributed by atoms with Crippen molar-refractivity contribution in [3.05, 3.63) is 0 Å². The minimum absolute atomic E-state index is 0.0426. The van der Waals surface area contributed by atoms with E-state index < -0.39 is 0 Å². The molecule has 0 aromatic carbocycles. The maximum atomic E-state index is 11.3. The van der Waals surface area contributed by atoms with Crippen molar-refractivity contribution in [1.29, 1.82) is 0 Å². The molecule has 3 fully saturated rings. The van der Waals surface area contributed by atoms with E-state index in [1.807, 2.05) is 0 Å². The van der Waals surface area contributed by atoms with Crippen LogP contribution in [0.2, 0.25) is 0 Å². The average molecular weight is 427 g/mol. The second-order valence-corrected chi connectivity index (χ2v) is 9.65. The van der Waals surface area contributed by atoms with Gasteiger partial charge in [-0.25, -0.2) is 0 Å². The second-order valence-electron chi connectivity index (χ2n) is 8.90. The summed E-state index contributed by atoms with van der Waals surface area (Å²) in [6.07, 6.45) is 16.6. The first-order valence-corrected chi connectivity index (χ1v) is 11.7. The Hall–Kier alpha value is -0.740. The molecular weight excluding hydrogens is 395 g/mol. The lowest BCUT2D eigenvalue weighted by molar-refractivity contribution is -0.116. The summed E-state index contributed by atoms with van der Waals surface area (Å²) < 4.78 is 0. The van der Waals surface area contributed by atoms with Crippen LogP contribution in [0.3, 0.4) is 0 Å². The van der Waals surface area contributed by atoms with Crippen molar-refractivity contribution in [3.8, 4) is 0 Å². The second kappa shape index (κ2) is 10.9. The van der Waals surface area contributed by atoms with Crippen molar-refractivity contribution < 1.29 is 9.59 Å². The van der Waals surface area contributed by atoms with Gasteiger partial charge in [0, 0.05) is 36.3 Å². The molecule has 3 saturated carbocycles. The van der Waals surface area contributed by atoms with E-state index in [1.165, 1.54) is 19.3 Å². The van der Waals surface area contributed by atoms with Crippen LogP contribution >= 0.6 is 23.2 Å². The zero-order valence-electron chi connectivity index (χ0n) is 16.6. The predicted molar refractivity (Wildman–Crippen MR) is 116 cm³/mol. The number of hydrogen-bond donors (Lipinski definition) is 0. The van der Waals surface area contributed by atoms with Crippen LogP contribution in [-0.2, 0) is 9.59 Å². The van der Waals surface area contributed by atoms with Gasteiger partial charge < -0.3 is 0 Å². The van der Waals surface area contributed by atoms with E-state index in [9.17, 15) is 9.59 Å². The smallest absolute Gasteiger partial charge is 0.224 e. The molecule has 0 bridgehead atoms. The third-order valence-corrected chi connectivity index (χ3v) is 7.42. The summed E-state index contributed by atoms with van der Waals surface area (Å²) in [5, 5.41) is -0.362. The third-order valence-electron chi connectivity index (χ3n) is 6.81. The average Bonchev–Trinajstić information content (AvgIpc) is 2.71. The minimum atomic E-state index is -0.181. The molecule has 0 spiro atoms. The molecular formula is C22H32Cl2N2O2. The highest BCUT2D eigenvalue weighted by atomic mass is 35.5. The van der Waals surface area contributed by atoms with Gasteiger partial charge in [0.15, 0.2) is 0 Å². The van der Waals surface area contributed by atoms with E-state index in [1.54, 1.807) is 0 Å². The Balaban J connectivity index is 1.40. The summed E-state index contributed by atoms with van der Waals surface area (Å²) in [5.41, 5.74) is 0. The molecule has 2 unspecified atom stereocenters. The Morgan fingerprint density at radius 2 is 1.04 bits per heavy atom. The van der Waals surface area contributed by atoms with Crippen LogP contribution < -0.4 is 0 Å². The Labute approximate surface area is 178 Å². The largest absolute Gasteiger partial charge is 0.294 e.